The van der Waals surface area contributed by atoms with E-state index >= 15 is 0 Å². The summed E-state index contributed by atoms with van der Waals surface area (Å²) in [4.78, 5) is 11.4. The number of carbonyl (C=O) groups excluding carboxylic acids is 1. The molecule has 2 atom stereocenters. The average molecular weight is 295 g/mol. The number of amides is 1. The predicted molar refractivity (Wildman–Crippen MR) is 77.5 cm³/mol. The number of nitrogens with one attached hydrogen (secondary N) is 1. The fraction of sp³-hybridized carbons (Fsp3) is 0.923. The van der Waals surface area contributed by atoms with Crippen molar-refractivity contribution in [2.24, 2.45) is 11.7 Å². The third-order valence-corrected chi connectivity index (χ3v) is 2.99. The molecule has 0 radical (unpaired) electrons. The minimum Gasteiger partial charge on any atom is -0.381 e. The molecule has 19 heavy (non-hydrogen) atoms. The molecule has 0 aliphatic carbocycles. The van der Waals surface area contributed by atoms with Crippen LogP contribution in [0.3, 0.4) is 0 Å². The van der Waals surface area contributed by atoms with Crippen molar-refractivity contribution >= 4 is 18.3 Å². The molecular weight excluding hydrogens is 268 g/mol. The Hall–Kier alpha value is -0.360. The van der Waals surface area contributed by atoms with Gasteiger partial charge in [-0.15, -0.1) is 12.4 Å². The second kappa shape index (κ2) is 11.5. The highest BCUT2D eigenvalue weighted by atomic mass is 35.5. The van der Waals surface area contributed by atoms with Gasteiger partial charge in [0.2, 0.25) is 5.91 Å². The average Bonchev–Trinajstić information content (AvgIpc) is 2.84. The molecule has 0 aromatic carbocycles. The fourth-order valence-electron chi connectivity index (χ4n) is 1.81. The molecule has 1 heterocycles. The maximum atomic E-state index is 11.4. The Kier molecular flexibility index (Phi) is 11.2. The van der Waals surface area contributed by atoms with E-state index in [2.05, 4.69) is 5.32 Å². The highest BCUT2D eigenvalue weighted by Gasteiger charge is 2.15. The molecule has 0 aromatic heterocycles. The van der Waals surface area contributed by atoms with Crippen LogP contribution in [0.5, 0.6) is 0 Å². The zero-order valence-corrected chi connectivity index (χ0v) is 12.5. The second-order valence-corrected chi connectivity index (χ2v) is 5.02. The lowest BCUT2D eigenvalue weighted by Crippen LogP contribution is -2.27. The first-order chi connectivity index (χ1) is 8.68. The van der Waals surface area contributed by atoms with Crippen molar-refractivity contribution in [1.82, 2.24) is 5.32 Å². The molecule has 1 rings (SSSR count). The highest BCUT2D eigenvalue weighted by Crippen LogP contribution is 2.12. The highest BCUT2D eigenvalue weighted by molar-refractivity contribution is 5.85. The lowest BCUT2D eigenvalue weighted by atomic mass is 10.1. The van der Waals surface area contributed by atoms with Crippen LogP contribution in [0, 0.1) is 5.92 Å². The van der Waals surface area contributed by atoms with Crippen molar-refractivity contribution in [3.8, 4) is 0 Å². The number of rotatable bonds is 9. The van der Waals surface area contributed by atoms with E-state index in [4.69, 9.17) is 15.2 Å². The molecule has 0 aromatic rings. The Morgan fingerprint density at radius 2 is 2.37 bits per heavy atom. The van der Waals surface area contributed by atoms with Crippen LogP contribution in [-0.4, -0.2) is 44.9 Å². The van der Waals surface area contributed by atoms with E-state index in [-0.39, 0.29) is 24.4 Å². The van der Waals surface area contributed by atoms with Gasteiger partial charge in [0.15, 0.2) is 0 Å². The van der Waals surface area contributed by atoms with Crippen molar-refractivity contribution in [2.45, 2.75) is 38.6 Å². The first kappa shape index (κ1) is 18.6. The molecule has 0 bridgehead atoms. The smallest absolute Gasteiger partial charge is 0.220 e. The first-order valence-electron chi connectivity index (χ1n) is 6.86. The van der Waals surface area contributed by atoms with Gasteiger partial charge in [-0.3, -0.25) is 4.79 Å². The van der Waals surface area contributed by atoms with E-state index in [1.807, 2.05) is 6.92 Å². The number of nitrogens with two attached hydrogens (primary N) is 1. The standard InChI is InChI=1S/C13H26N2O3.ClH/c1-11(14)3-4-13(16)15-6-2-7-17-9-12-5-8-18-10-12;/h11-12H,2-10,14H2,1H3,(H,15,16);1H. The molecule has 5 nitrogen and oxygen atoms in total. The minimum atomic E-state index is 0. The molecule has 6 heteroatoms. The predicted octanol–water partition coefficient (Wildman–Crippen LogP) is 1.09. The van der Waals surface area contributed by atoms with Crippen LogP contribution >= 0.6 is 12.4 Å². The van der Waals surface area contributed by atoms with E-state index < -0.39 is 0 Å². The molecule has 1 saturated heterocycles. The summed E-state index contributed by atoms with van der Waals surface area (Å²) in [7, 11) is 0. The van der Waals surface area contributed by atoms with Gasteiger partial charge in [-0.1, -0.05) is 0 Å². The maximum Gasteiger partial charge on any atom is 0.220 e. The van der Waals surface area contributed by atoms with Gasteiger partial charge in [-0.2, -0.15) is 0 Å². The van der Waals surface area contributed by atoms with Gasteiger partial charge in [0.1, 0.15) is 0 Å². The summed E-state index contributed by atoms with van der Waals surface area (Å²) in [6.45, 7) is 5.76. The Bertz CT molecular complexity index is 234. The van der Waals surface area contributed by atoms with Gasteiger partial charge in [0, 0.05) is 38.1 Å². The van der Waals surface area contributed by atoms with Crippen LogP contribution in [-0.2, 0) is 14.3 Å². The summed E-state index contributed by atoms with van der Waals surface area (Å²) in [5, 5.41) is 2.87. The molecule has 1 aliphatic heterocycles. The number of halogens is 1. The summed E-state index contributed by atoms with van der Waals surface area (Å²) >= 11 is 0. The van der Waals surface area contributed by atoms with Gasteiger partial charge >= 0.3 is 0 Å². The molecular formula is C13H27ClN2O3. The number of carbonyl (C=O) groups is 1. The van der Waals surface area contributed by atoms with Gasteiger partial charge in [-0.05, 0) is 26.2 Å². The van der Waals surface area contributed by atoms with Crippen molar-refractivity contribution in [3.05, 3.63) is 0 Å². The molecule has 0 spiro atoms. The van der Waals surface area contributed by atoms with Crippen molar-refractivity contribution in [2.75, 3.05) is 33.0 Å². The zero-order valence-electron chi connectivity index (χ0n) is 11.7. The van der Waals surface area contributed by atoms with Crippen LogP contribution in [0.25, 0.3) is 0 Å². The number of ether oxygens (including phenoxy) is 2. The van der Waals surface area contributed by atoms with E-state index in [0.29, 0.717) is 25.5 Å². The quantitative estimate of drug-likeness (QED) is 0.625. The van der Waals surface area contributed by atoms with Crippen molar-refractivity contribution < 1.29 is 14.3 Å². The third kappa shape index (κ3) is 10.1. The van der Waals surface area contributed by atoms with E-state index in [1.165, 1.54) is 0 Å². The van der Waals surface area contributed by atoms with Crippen LogP contribution in [0.4, 0.5) is 0 Å². The van der Waals surface area contributed by atoms with E-state index in [9.17, 15) is 4.79 Å². The van der Waals surface area contributed by atoms with Crippen LogP contribution < -0.4 is 11.1 Å². The maximum absolute atomic E-state index is 11.4. The van der Waals surface area contributed by atoms with Gasteiger partial charge < -0.3 is 20.5 Å². The lowest BCUT2D eigenvalue weighted by molar-refractivity contribution is -0.121. The van der Waals surface area contributed by atoms with Crippen LogP contribution in [0.2, 0.25) is 0 Å². The summed E-state index contributed by atoms with van der Waals surface area (Å²) in [6, 6.07) is 0.0905. The van der Waals surface area contributed by atoms with E-state index in [0.717, 1.165) is 39.1 Å². The molecule has 1 fully saturated rings. The largest absolute Gasteiger partial charge is 0.381 e. The second-order valence-electron chi connectivity index (χ2n) is 5.02. The SMILES string of the molecule is CC(N)CCC(=O)NCCCOCC1CCOC1.Cl. The van der Waals surface area contributed by atoms with Crippen molar-refractivity contribution in [1.29, 1.82) is 0 Å². The third-order valence-electron chi connectivity index (χ3n) is 2.99. The topological polar surface area (TPSA) is 73.6 Å². The van der Waals surface area contributed by atoms with Crippen LogP contribution in [0.15, 0.2) is 0 Å². The number of hydrogen-bond donors (Lipinski definition) is 2. The van der Waals surface area contributed by atoms with Crippen LogP contribution in [0.1, 0.15) is 32.6 Å². The zero-order chi connectivity index (χ0) is 13.2. The summed E-state index contributed by atoms with van der Waals surface area (Å²) in [5.74, 6) is 0.641. The summed E-state index contributed by atoms with van der Waals surface area (Å²) in [5.41, 5.74) is 5.58. The van der Waals surface area contributed by atoms with Gasteiger partial charge in [0.25, 0.3) is 0 Å². The Labute approximate surface area is 122 Å². The summed E-state index contributed by atoms with van der Waals surface area (Å²) in [6.07, 6.45) is 3.22. The molecule has 1 amide bonds. The Morgan fingerprint density at radius 3 is 3.00 bits per heavy atom. The molecule has 1 aliphatic rings. The number of hydrogen-bond acceptors (Lipinski definition) is 4. The Balaban J connectivity index is 0.00000324. The minimum absolute atomic E-state index is 0. The molecule has 0 saturated carbocycles. The molecule has 2 unspecified atom stereocenters. The first-order valence-corrected chi connectivity index (χ1v) is 6.86. The van der Waals surface area contributed by atoms with Crippen molar-refractivity contribution in [3.63, 3.8) is 0 Å². The summed E-state index contributed by atoms with van der Waals surface area (Å²) < 4.78 is 10.8. The van der Waals surface area contributed by atoms with E-state index in [1.54, 1.807) is 0 Å². The fourth-order valence-corrected chi connectivity index (χ4v) is 1.81. The Morgan fingerprint density at radius 1 is 1.58 bits per heavy atom. The van der Waals surface area contributed by atoms with Gasteiger partial charge in [0.05, 0.1) is 13.2 Å². The molecule has 3 N–H and O–H groups in total. The van der Waals surface area contributed by atoms with Gasteiger partial charge in [-0.25, -0.2) is 0 Å². The normalized spacial score (nSPS) is 19.8. The molecule has 114 valence electrons. The lowest BCUT2D eigenvalue weighted by Gasteiger charge is -2.09. The monoisotopic (exact) mass is 294 g/mol.